The lowest BCUT2D eigenvalue weighted by Crippen LogP contribution is -2.51. The van der Waals surface area contributed by atoms with Gasteiger partial charge in [0.05, 0.1) is 20.3 Å². The predicted molar refractivity (Wildman–Crippen MR) is 115 cm³/mol. The number of hydrogen-bond acceptors (Lipinski definition) is 7. The van der Waals surface area contributed by atoms with Crippen molar-refractivity contribution in [1.82, 2.24) is 0 Å². The molecule has 0 heterocycles. The van der Waals surface area contributed by atoms with Crippen LogP contribution >= 0.6 is 0 Å². The lowest BCUT2D eigenvalue weighted by Gasteiger charge is -2.45. The standard InChI is InChI=1S/C21H39NO6Si/c1-13(2)29(14(3)4,15(5)6)28-17-10-9-16(11-18(22)20(23)25-7)19(12-17)27-21(24)26-8/h9,13-15,17-19H,10-12,22H2,1-8H3/t17-,18-,19+/m0/s1. The third-order valence-electron chi connectivity index (χ3n) is 5.98. The summed E-state index contributed by atoms with van der Waals surface area (Å²) in [5.41, 5.74) is 8.11. The molecule has 0 saturated carbocycles. The van der Waals surface area contributed by atoms with Crippen molar-refractivity contribution in [3.05, 3.63) is 11.6 Å². The summed E-state index contributed by atoms with van der Waals surface area (Å²) in [7, 11) is 0.508. The third kappa shape index (κ3) is 6.30. The number of nitrogens with two attached hydrogens (primary N) is 1. The molecular formula is C21H39NO6Si. The Kier molecular flexibility index (Phi) is 9.84. The molecule has 1 aliphatic carbocycles. The molecule has 0 amide bonds. The van der Waals surface area contributed by atoms with Crippen molar-refractivity contribution in [3.63, 3.8) is 0 Å². The van der Waals surface area contributed by atoms with Crippen LogP contribution in [0.3, 0.4) is 0 Å². The van der Waals surface area contributed by atoms with Crippen LogP contribution in [0, 0.1) is 0 Å². The molecule has 0 spiro atoms. The number of esters is 1. The van der Waals surface area contributed by atoms with E-state index in [1.54, 1.807) is 0 Å². The zero-order valence-corrected chi connectivity index (χ0v) is 20.2. The van der Waals surface area contributed by atoms with Crippen molar-refractivity contribution in [2.45, 2.75) is 95.7 Å². The highest BCUT2D eigenvalue weighted by Gasteiger charge is 2.47. The predicted octanol–water partition coefficient (Wildman–Crippen LogP) is 4.31. The maximum Gasteiger partial charge on any atom is 0.508 e. The Labute approximate surface area is 176 Å². The molecule has 1 rings (SSSR count). The Morgan fingerprint density at radius 1 is 1.07 bits per heavy atom. The molecule has 0 aromatic heterocycles. The molecule has 8 heteroatoms. The molecule has 29 heavy (non-hydrogen) atoms. The molecule has 1 aliphatic rings. The lowest BCUT2D eigenvalue weighted by molar-refractivity contribution is -0.142. The molecule has 0 aliphatic heterocycles. The van der Waals surface area contributed by atoms with Gasteiger partial charge < -0.3 is 24.4 Å². The maximum atomic E-state index is 11.8. The van der Waals surface area contributed by atoms with Gasteiger partial charge in [-0.25, -0.2) is 4.79 Å². The van der Waals surface area contributed by atoms with E-state index in [4.69, 9.17) is 19.6 Å². The van der Waals surface area contributed by atoms with Crippen molar-refractivity contribution >= 4 is 20.4 Å². The van der Waals surface area contributed by atoms with E-state index in [9.17, 15) is 9.59 Å². The first kappa shape index (κ1) is 25.7. The Balaban J connectivity index is 3.09. The van der Waals surface area contributed by atoms with Gasteiger partial charge in [-0.15, -0.1) is 0 Å². The first-order chi connectivity index (χ1) is 13.5. The first-order valence-corrected chi connectivity index (χ1v) is 12.6. The van der Waals surface area contributed by atoms with Crippen molar-refractivity contribution in [1.29, 1.82) is 0 Å². The fourth-order valence-corrected chi connectivity index (χ4v) is 10.3. The number of hydrogen-bond donors (Lipinski definition) is 1. The number of carbonyl (C=O) groups is 2. The topological polar surface area (TPSA) is 97.1 Å². The molecule has 7 nitrogen and oxygen atoms in total. The summed E-state index contributed by atoms with van der Waals surface area (Å²) in [5, 5.41) is 0. The second kappa shape index (κ2) is 11.1. The Hall–Kier alpha value is -1.38. The average molecular weight is 430 g/mol. The Morgan fingerprint density at radius 3 is 2.07 bits per heavy atom. The third-order valence-corrected chi connectivity index (χ3v) is 12.1. The van der Waals surface area contributed by atoms with Crippen molar-refractivity contribution in [2.24, 2.45) is 5.73 Å². The van der Waals surface area contributed by atoms with Crippen molar-refractivity contribution < 1.29 is 28.2 Å². The smallest absolute Gasteiger partial charge is 0.468 e. The summed E-state index contributed by atoms with van der Waals surface area (Å²) in [6.45, 7) is 13.5. The van der Waals surface area contributed by atoms with Crippen LogP contribution in [-0.4, -0.2) is 52.9 Å². The van der Waals surface area contributed by atoms with Gasteiger partial charge in [0.25, 0.3) is 0 Å². The van der Waals surface area contributed by atoms with Crippen LogP contribution < -0.4 is 5.73 Å². The number of methoxy groups -OCH3 is 2. The van der Waals surface area contributed by atoms with E-state index in [2.05, 4.69) is 46.3 Å². The molecule has 168 valence electrons. The molecule has 2 N–H and O–H groups in total. The van der Waals surface area contributed by atoms with E-state index in [0.717, 1.165) is 5.57 Å². The fourth-order valence-electron chi connectivity index (χ4n) is 4.69. The molecule has 0 saturated heterocycles. The van der Waals surface area contributed by atoms with Gasteiger partial charge in [0.2, 0.25) is 8.32 Å². The molecular weight excluding hydrogens is 390 g/mol. The molecule has 0 radical (unpaired) electrons. The van der Waals surface area contributed by atoms with Crippen LogP contribution in [0.5, 0.6) is 0 Å². The van der Waals surface area contributed by atoms with E-state index in [1.165, 1.54) is 14.2 Å². The Bertz CT molecular complexity index is 568. The van der Waals surface area contributed by atoms with Crippen molar-refractivity contribution in [3.8, 4) is 0 Å². The highest BCUT2D eigenvalue weighted by molar-refractivity contribution is 6.77. The minimum Gasteiger partial charge on any atom is -0.468 e. The van der Waals surface area contributed by atoms with Crippen LogP contribution in [0.25, 0.3) is 0 Å². The minimum absolute atomic E-state index is 0.0541. The average Bonchev–Trinajstić information content (AvgIpc) is 2.65. The minimum atomic E-state index is -2.07. The zero-order valence-electron chi connectivity index (χ0n) is 19.2. The van der Waals surface area contributed by atoms with Gasteiger partial charge >= 0.3 is 12.1 Å². The second-order valence-corrected chi connectivity index (χ2v) is 14.1. The summed E-state index contributed by atoms with van der Waals surface area (Å²) in [6.07, 6.45) is 2.14. The van der Waals surface area contributed by atoms with E-state index >= 15 is 0 Å². The molecule has 0 bridgehead atoms. The van der Waals surface area contributed by atoms with E-state index in [1.807, 2.05) is 6.08 Å². The van der Waals surface area contributed by atoms with Crippen LogP contribution in [0.15, 0.2) is 11.6 Å². The SMILES string of the molecule is COC(=O)O[C@@H]1C[C@@H](O[Si](C(C)C)(C(C)C)C(C)C)CC=C1C[C@H](N)C(=O)OC. The van der Waals surface area contributed by atoms with E-state index < -0.39 is 32.6 Å². The molecule has 0 fully saturated rings. The van der Waals surface area contributed by atoms with Crippen LogP contribution in [-0.2, 0) is 23.4 Å². The monoisotopic (exact) mass is 429 g/mol. The summed E-state index contributed by atoms with van der Waals surface area (Å²) in [5.74, 6) is -0.494. The zero-order chi connectivity index (χ0) is 22.4. The largest absolute Gasteiger partial charge is 0.508 e. The van der Waals surface area contributed by atoms with E-state index in [-0.39, 0.29) is 12.5 Å². The number of ether oxygens (including phenoxy) is 3. The number of carbonyl (C=O) groups excluding carboxylic acids is 2. The maximum absolute atomic E-state index is 11.8. The molecule has 3 atom stereocenters. The highest BCUT2D eigenvalue weighted by atomic mass is 28.4. The van der Waals surface area contributed by atoms with Gasteiger partial charge in [-0.1, -0.05) is 47.6 Å². The summed E-state index contributed by atoms with van der Waals surface area (Å²) in [4.78, 5) is 23.5. The van der Waals surface area contributed by atoms with Crippen LogP contribution in [0.4, 0.5) is 4.79 Å². The van der Waals surface area contributed by atoms with Gasteiger partial charge in [0.15, 0.2) is 0 Å². The van der Waals surface area contributed by atoms with Crippen LogP contribution in [0.2, 0.25) is 16.6 Å². The molecule has 0 unspecified atom stereocenters. The molecule has 0 aromatic rings. The fraction of sp³-hybridized carbons (Fsp3) is 0.810. The lowest BCUT2D eigenvalue weighted by atomic mass is 9.90. The first-order valence-electron chi connectivity index (χ1n) is 10.4. The quantitative estimate of drug-likeness (QED) is 0.331. The van der Waals surface area contributed by atoms with E-state index in [0.29, 0.717) is 29.5 Å². The number of rotatable bonds is 9. The normalized spacial score (nSPS) is 21.2. The van der Waals surface area contributed by atoms with Gasteiger partial charge in [0.1, 0.15) is 12.1 Å². The Morgan fingerprint density at radius 2 is 1.62 bits per heavy atom. The summed E-state index contributed by atoms with van der Waals surface area (Å²) >= 11 is 0. The van der Waals surface area contributed by atoms with Gasteiger partial charge in [-0.3, -0.25) is 4.79 Å². The van der Waals surface area contributed by atoms with Gasteiger partial charge in [0, 0.05) is 6.42 Å². The van der Waals surface area contributed by atoms with Gasteiger partial charge in [-0.05, 0) is 35.0 Å². The van der Waals surface area contributed by atoms with Gasteiger partial charge in [-0.2, -0.15) is 0 Å². The highest BCUT2D eigenvalue weighted by Crippen LogP contribution is 2.44. The summed E-state index contributed by atoms with van der Waals surface area (Å²) in [6, 6.07) is -0.803. The van der Waals surface area contributed by atoms with Crippen molar-refractivity contribution in [2.75, 3.05) is 14.2 Å². The summed E-state index contributed by atoms with van der Waals surface area (Å²) < 4.78 is 21.8. The van der Waals surface area contributed by atoms with Crippen LogP contribution in [0.1, 0.15) is 60.8 Å². The second-order valence-electron chi connectivity index (χ2n) is 8.70. The molecule has 0 aromatic carbocycles.